The Morgan fingerprint density at radius 1 is 1.29 bits per heavy atom. The van der Waals surface area contributed by atoms with Crippen molar-refractivity contribution in [3.8, 4) is 0 Å². The fourth-order valence-corrected chi connectivity index (χ4v) is 4.01. The molecule has 1 aromatic carbocycles. The summed E-state index contributed by atoms with van der Waals surface area (Å²) >= 11 is 3.52. The molecule has 2 saturated heterocycles. The van der Waals surface area contributed by atoms with Crippen molar-refractivity contribution in [2.75, 3.05) is 18.0 Å². The molecule has 2 unspecified atom stereocenters. The van der Waals surface area contributed by atoms with E-state index >= 15 is 0 Å². The molecular formula is C16H22BrN3O. The molecule has 114 valence electrons. The number of anilines is 1. The summed E-state index contributed by atoms with van der Waals surface area (Å²) in [6, 6.07) is 6.75. The Labute approximate surface area is 134 Å². The van der Waals surface area contributed by atoms with Gasteiger partial charge < -0.3 is 16.0 Å². The van der Waals surface area contributed by atoms with Crippen LogP contribution in [-0.4, -0.2) is 31.1 Å². The lowest BCUT2D eigenvalue weighted by molar-refractivity contribution is 0.100. The Hall–Kier alpha value is -1.07. The van der Waals surface area contributed by atoms with Crippen LogP contribution < -0.4 is 16.0 Å². The maximum absolute atomic E-state index is 11.8. The van der Waals surface area contributed by atoms with Crippen LogP contribution in [-0.2, 0) is 0 Å². The van der Waals surface area contributed by atoms with Crippen LogP contribution in [0.2, 0.25) is 0 Å². The number of rotatable bonds is 3. The Morgan fingerprint density at radius 3 is 2.86 bits per heavy atom. The molecule has 0 spiro atoms. The van der Waals surface area contributed by atoms with E-state index in [1.54, 1.807) is 0 Å². The zero-order valence-electron chi connectivity index (χ0n) is 12.1. The smallest absolute Gasteiger partial charge is 0.250 e. The highest BCUT2D eigenvalue weighted by Gasteiger charge is 2.33. The maximum atomic E-state index is 11.8. The second kappa shape index (κ2) is 6.36. The van der Waals surface area contributed by atoms with Crippen LogP contribution in [0.5, 0.6) is 0 Å². The molecule has 1 aromatic rings. The van der Waals surface area contributed by atoms with E-state index in [-0.39, 0.29) is 5.91 Å². The van der Waals surface area contributed by atoms with Crippen LogP contribution in [0.4, 0.5) is 5.69 Å². The molecule has 5 heteroatoms. The first kappa shape index (κ1) is 14.9. The van der Waals surface area contributed by atoms with Crippen molar-refractivity contribution in [1.29, 1.82) is 0 Å². The number of hydrogen-bond acceptors (Lipinski definition) is 3. The van der Waals surface area contributed by atoms with Crippen molar-refractivity contribution in [1.82, 2.24) is 5.32 Å². The van der Waals surface area contributed by atoms with Gasteiger partial charge in [-0.05, 0) is 56.8 Å². The van der Waals surface area contributed by atoms with Gasteiger partial charge in [0.05, 0.1) is 11.3 Å². The summed E-state index contributed by atoms with van der Waals surface area (Å²) in [6.07, 6.45) is 6.09. The first-order valence-electron chi connectivity index (χ1n) is 7.76. The molecular weight excluding hydrogens is 330 g/mol. The Bertz CT molecular complexity index is 528. The van der Waals surface area contributed by atoms with E-state index in [9.17, 15) is 4.79 Å². The summed E-state index contributed by atoms with van der Waals surface area (Å²) < 4.78 is 0.992. The quantitative estimate of drug-likeness (QED) is 0.879. The Kier molecular flexibility index (Phi) is 4.50. The van der Waals surface area contributed by atoms with Gasteiger partial charge in [0.15, 0.2) is 0 Å². The van der Waals surface area contributed by atoms with Gasteiger partial charge in [-0.25, -0.2) is 0 Å². The number of carbonyl (C=O) groups excluding carboxylic acids is 1. The molecule has 3 rings (SSSR count). The lowest BCUT2D eigenvalue weighted by Crippen LogP contribution is -2.51. The summed E-state index contributed by atoms with van der Waals surface area (Å²) in [5, 5.41) is 3.62. The molecule has 0 aromatic heterocycles. The van der Waals surface area contributed by atoms with Gasteiger partial charge in [0, 0.05) is 23.1 Å². The van der Waals surface area contributed by atoms with E-state index < -0.39 is 0 Å². The van der Waals surface area contributed by atoms with Crippen LogP contribution in [0, 0.1) is 0 Å². The van der Waals surface area contributed by atoms with Crippen LogP contribution in [0.3, 0.4) is 0 Å². The first-order valence-corrected chi connectivity index (χ1v) is 8.55. The van der Waals surface area contributed by atoms with Gasteiger partial charge in [0.2, 0.25) is 0 Å². The standard InChI is InChI=1S/C16H22BrN3O/c17-11-6-7-12(16(18)21)15(10-11)20-9-2-1-5-14(20)13-4-3-8-19-13/h6-7,10,13-14,19H,1-5,8-9H2,(H2,18,21). The average molecular weight is 352 g/mol. The summed E-state index contributed by atoms with van der Waals surface area (Å²) in [5.74, 6) is -0.346. The molecule has 21 heavy (non-hydrogen) atoms. The SMILES string of the molecule is NC(=O)c1ccc(Br)cc1N1CCCCC1C1CCCN1. The number of hydrogen-bond donors (Lipinski definition) is 2. The van der Waals surface area contributed by atoms with Gasteiger partial charge in [0.1, 0.15) is 0 Å². The van der Waals surface area contributed by atoms with Gasteiger partial charge in [-0.2, -0.15) is 0 Å². The summed E-state index contributed by atoms with van der Waals surface area (Å²) in [5.41, 5.74) is 7.18. The summed E-state index contributed by atoms with van der Waals surface area (Å²) in [6.45, 7) is 2.11. The largest absolute Gasteiger partial charge is 0.366 e. The van der Waals surface area contributed by atoms with Gasteiger partial charge in [-0.15, -0.1) is 0 Å². The van der Waals surface area contributed by atoms with E-state index in [1.165, 1.54) is 32.1 Å². The van der Waals surface area contributed by atoms with Crippen LogP contribution in [0.1, 0.15) is 42.5 Å². The summed E-state index contributed by atoms with van der Waals surface area (Å²) in [7, 11) is 0. The zero-order valence-corrected chi connectivity index (χ0v) is 13.7. The Morgan fingerprint density at radius 2 is 2.14 bits per heavy atom. The minimum atomic E-state index is -0.346. The van der Waals surface area contributed by atoms with Crippen molar-refractivity contribution in [2.24, 2.45) is 5.73 Å². The van der Waals surface area contributed by atoms with Crippen molar-refractivity contribution in [2.45, 2.75) is 44.2 Å². The van der Waals surface area contributed by atoms with Crippen molar-refractivity contribution in [3.63, 3.8) is 0 Å². The number of amides is 1. The first-order chi connectivity index (χ1) is 10.2. The van der Waals surface area contributed by atoms with Crippen LogP contribution >= 0.6 is 15.9 Å². The number of halogens is 1. The van der Waals surface area contributed by atoms with Gasteiger partial charge in [-0.3, -0.25) is 4.79 Å². The predicted molar refractivity (Wildman–Crippen MR) is 88.7 cm³/mol. The van der Waals surface area contributed by atoms with E-state index in [1.807, 2.05) is 18.2 Å². The molecule has 2 fully saturated rings. The van der Waals surface area contributed by atoms with Gasteiger partial charge in [-0.1, -0.05) is 15.9 Å². The van der Waals surface area contributed by atoms with Crippen LogP contribution in [0.15, 0.2) is 22.7 Å². The number of primary amides is 1. The molecule has 0 saturated carbocycles. The number of nitrogens with two attached hydrogens (primary N) is 1. The minimum absolute atomic E-state index is 0.346. The molecule has 0 radical (unpaired) electrons. The third-order valence-electron chi connectivity index (χ3n) is 4.65. The number of nitrogens with one attached hydrogen (secondary N) is 1. The molecule has 1 amide bonds. The highest BCUT2D eigenvalue weighted by Crippen LogP contribution is 2.33. The minimum Gasteiger partial charge on any atom is -0.366 e. The van der Waals surface area contributed by atoms with E-state index in [2.05, 4.69) is 26.1 Å². The fourth-order valence-electron chi connectivity index (χ4n) is 3.67. The maximum Gasteiger partial charge on any atom is 0.250 e. The fraction of sp³-hybridized carbons (Fsp3) is 0.562. The van der Waals surface area contributed by atoms with Crippen molar-refractivity contribution >= 4 is 27.5 Å². The van der Waals surface area contributed by atoms with E-state index in [4.69, 9.17) is 5.73 Å². The highest BCUT2D eigenvalue weighted by atomic mass is 79.9. The molecule has 2 aliphatic heterocycles. The number of carbonyl (C=O) groups is 1. The van der Waals surface area contributed by atoms with Crippen LogP contribution in [0.25, 0.3) is 0 Å². The molecule has 2 heterocycles. The highest BCUT2D eigenvalue weighted by molar-refractivity contribution is 9.10. The second-order valence-electron chi connectivity index (χ2n) is 5.99. The number of benzene rings is 1. The summed E-state index contributed by atoms with van der Waals surface area (Å²) in [4.78, 5) is 14.2. The topological polar surface area (TPSA) is 58.4 Å². The second-order valence-corrected chi connectivity index (χ2v) is 6.90. The third-order valence-corrected chi connectivity index (χ3v) is 5.14. The molecule has 2 atom stereocenters. The van der Waals surface area contributed by atoms with E-state index in [0.717, 1.165) is 23.2 Å². The van der Waals surface area contributed by atoms with E-state index in [0.29, 0.717) is 17.6 Å². The zero-order chi connectivity index (χ0) is 14.8. The van der Waals surface area contributed by atoms with Gasteiger partial charge in [0.25, 0.3) is 5.91 Å². The Balaban J connectivity index is 1.95. The molecule has 3 N–H and O–H groups in total. The molecule has 2 aliphatic rings. The monoisotopic (exact) mass is 351 g/mol. The lowest BCUT2D eigenvalue weighted by Gasteiger charge is -2.41. The number of nitrogens with zero attached hydrogens (tertiary/aromatic N) is 1. The normalized spacial score (nSPS) is 26.0. The molecule has 0 aliphatic carbocycles. The van der Waals surface area contributed by atoms with Crippen molar-refractivity contribution < 1.29 is 4.79 Å². The lowest BCUT2D eigenvalue weighted by atomic mass is 9.93. The third kappa shape index (κ3) is 3.09. The average Bonchev–Trinajstić information content (AvgIpc) is 3.01. The molecule has 4 nitrogen and oxygen atoms in total. The molecule has 0 bridgehead atoms. The number of piperidine rings is 1. The van der Waals surface area contributed by atoms with Crippen molar-refractivity contribution in [3.05, 3.63) is 28.2 Å². The van der Waals surface area contributed by atoms with Gasteiger partial charge >= 0.3 is 0 Å². The predicted octanol–water partition coefficient (Wildman–Crippen LogP) is 2.66.